The molecule has 0 N–H and O–H groups in total. The third kappa shape index (κ3) is 4.29. The maximum Gasteiger partial charge on any atom is 0.320 e. The fourth-order valence-electron chi connectivity index (χ4n) is 2.21. The zero-order valence-electron chi connectivity index (χ0n) is 11.9. The molecule has 0 aromatic rings. The first kappa shape index (κ1) is 15.0. The summed E-state index contributed by atoms with van der Waals surface area (Å²) in [6.07, 6.45) is 0. The molecule has 0 bridgehead atoms. The van der Waals surface area contributed by atoms with Crippen LogP contribution in [0.5, 0.6) is 0 Å². The average molecular weight is 257 g/mol. The molecule has 2 atom stereocenters. The summed E-state index contributed by atoms with van der Waals surface area (Å²) in [5, 5.41) is 0. The van der Waals surface area contributed by atoms with Crippen LogP contribution < -0.4 is 0 Å². The molecular formula is C13H23NO4. The lowest BCUT2D eigenvalue weighted by Crippen LogP contribution is -2.34. The van der Waals surface area contributed by atoms with E-state index in [9.17, 15) is 9.59 Å². The van der Waals surface area contributed by atoms with Crippen LogP contribution in [0.15, 0.2) is 0 Å². The van der Waals surface area contributed by atoms with E-state index in [4.69, 9.17) is 9.47 Å². The van der Waals surface area contributed by atoms with E-state index < -0.39 is 5.60 Å². The molecule has 0 amide bonds. The Morgan fingerprint density at radius 2 is 1.89 bits per heavy atom. The number of hydrogen-bond donors (Lipinski definition) is 0. The van der Waals surface area contributed by atoms with Crippen LogP contribution in [0.2, 0.25) is 0 Å². The summed E-state index contributed by atoms with van der Waals surface area (Å²) in [7, 11) is 1.39. The van der Waals surface area contributed by atoms with Crippen LogP contribution in [0.4, 0.5) is 0 Å². The molecule has 0 radical (unpaired) electrons. The fourth-order valence-corrected chi connectivity index (χ4v) is 2.21. The molecule has 0 aromatic carbocycles. The van der Waals surface area contributed by atoms with E-state index >= 15 is 0 Å². The topological polar surface area (TPSA) is 55.8 Å². The van der Waals surface area contributed by atoms with Crippen molar-refractivity contribution in [3.8, 4) is 0 Å². The van der Waals surface area contributed by atoms with Gasteiger partial charge in [-0.25, -0.2) is 0 Å². The van der Waals surface area contributed by atoms with Crippen molar-refractivity contribution in [1.82, 2.24) is 4.90 Å². The smallest absolute Gasteiger partial charge is 0.320 e. The predicted octanol–water partition coefficient (Wildman–Crippen LogP) is 1.07. The monoisotopic (exact) mass is 257 g/mol. The quantitative estimate of drug-likeness (QED) is 0.708. The molecular weight excluding hydrogens is 234 g/mol. The lowest BCUT2D eigenvalue weighted by molar-refractivity contribution is -0.156. The van der Waals surface area contributed by atoms with Gasteiger partial charge in [-0.2, -0.15) is 0 Å². The number of esters is 2. The summed E-state index contributed by atoms with van der Waals surface area (Å²) in [5.74, 6) is -0.383. The van der Waals surface area contributed by atoms with Crippen LogP contribution in [0.3, 0.4) is 0 Å². The van der Waals surface area contributed by atoms with Crippen molar-refractivity contribution in [2.75, 3.05) is 26.7 Å². The Morgan fingerprint density at radius 3 is 2.39 bits per heavy atom. The molecule has 1 aliphatic rings. The largest absolute Gasteiger partial charge is 0.469 e. The minimum Gasteiger partial charge on any atom is -0.469 e. The normalized spacial score (nSPS) is 24.9. The van der Waals surface area contributed by atoms with Crippen molar-refractivity contribution in [1.29, 1.82) is 0 Å². The molecule has 1 fully saturated rings. The first-order chi connectivity index (χ1) is 8.23. The minimum absolute atomic E-state index is 0.141. The third-order valence-electron chi connectivity index (χ3n) is 2.96. The summed E-state index contributed by atoms with van der Waals surface area (Å²) in [6, 6.07) is 0. The van der Waals surface area contributed by atoms with Gasteiger partial charge in [-0.05, 0) is 26.7 Å². The Bertz CT molecular complexity index is 321. The van der Waals surface area contributed by atoms with E-state index in [-0.39, 0.29) is 30.3 Å². The van der Waals surface area contributed by atoms with Crippen molar-refractivity contribution in [2.45, 2.75) is 33.3 Å². The molecule has 0 aromatic heterocycles. The number of carbonyl (C=O) groups excluding carboxylic acids is 2. The van der Waals surface area contributed by atoms with Crippen molar-refractivity contribution in [2.24, 2.45) is 11.8 Å². The van der Waals surface area contributed by atoms with Gasteiger partial charge in [0.05, 0.1) is 19.6 Å². The molecule has 1 heterocycles. The molecule has 1 rings (SSSR count). The van der Waals surface area contributed by atoms with E-state index in [1.54, 1.807) is 0 Å². The summed E-state index contributed by atoms with van der Waals surface area (Å²) in [4.78, 5) is 25.2. The van der Waals surface area contributed by atoms with Crippen molar-refractivity contribution < 1.29 is 19.1 Å². The van der Waals surface area contributed by atoms with Crippen LogP contribution in [0.1, 0.15) is 27.7 Å². The highest BCUT2D eigenvalue weighted by molar-refractivity contribution is 5.74. The molecule has 0 aliphatic carbocycles. The van der Waals surface area contributed by atoms with Gasteiger partial charge in [-0.1, -0.05) is 6.92 Å². The van der Waals surface area contributed by atoms with Crippen molar-refractivity contribution in [3.05, 3.63) is 0 Å². The zero-order valence-corrected chi connectivity index (χ0v) is 11.9. The van der Waals surface area contributed by atoms with Gasteiger partial charge < -0.3 is 9.47 Å². The highest BCUT2D eigenvalue weighted by Crippen LogP contribution is 2.24. The molecule has 0 spiro atoms. The SMILES string of the molecule is COC(=O)C1CN(CC(=O)OC(C)(C)C)CC1C. The van der Waals surface area contributed by atoms with Gasteiger partial charge in [0.25, 0.3) is 0 Å². The second-order valence-corrected chi connectivity index (χ2v) is 5.89. The maximum atomic E-state index is 11.7. The van der Waals surface area contributed by atoms with Crippen molar-refractivity contribution >= 4 is 11.9 Å². The van der Waals surface area contributed by atoms with Gasteiger partial charge in [-0.15, -0.1) is 0 Å². The molecule has 1 saturated heterocycles. The van der Waals surface area contributed by atoms with Gasteiger partial charge in [0.1, 0.15) is 5.60 Å². The molecule has 2 unspecified atom stereocenters. The number of carbonyl (C=O) groups is 2. The van der Waals surface area contributed by atoms with E-state index in [2.05, 4.69) is 0 Å². The molecule has 1 aliphatic heterocycles. The van der Waals surface area contributed by atoms with Crippen LogP contribution in [0.25, 0.3) is 0 Å². The lowest BCUT2D eigenvalue weighted by atomic mass is 9.99. The molecule has 5 heteroatoms. The number of rotatable bonds is 3. The first-order valence-corrected chi connectivity index (χ1v) is 6.25. The Labute approximate surface area is 108 Å². The number of hydrogen-bond acceptors (Lipinski definition) is 5. The Morgan fingerprint density at radius 1 is 1.28 bits per heavy atom. The molecule has 5 nitrogen and oxygen atoms in total. The molecule has 18 heavy (non-hydrogen) atoms. The Kier molecular flexibility index (Phi) is 4.73. The maximum absolute atomic E-state index is 11.7. The van der Waals surface area contributed by atoms with Crippen molar-refractivity contribution in [3.63, 3.8) is 0 Å². The third-order valence-corrected chi connectivity index (χ3v) is 2.96. The summed E-state index contributed by atoms with van der Waals surface area (Å²) in [5.41, 5.74) is -0.468. The van der Waals surface area contributed by atoms with E-state index in [0.717, 1.165) is 6.54 Å². The van der Waals surface area contributed by atoms with Crippen LogP contribution >= 0.6 is 0 Å². The van der Waals surface area contributed by atoms with Gasteiger partial charge in [0.15, 0.2) is 0 Å². The molecule has 104 valence electrons. The van der Waals surface area contributed by atoms with Crippen LogP contribution in [-0.2, 0) is 19.1 Å². The number of ether oxygens (including phenoxy) is 2. The molecule has 0 saturated carbocycles. The van der Waals surface area contributed by atoms with Gasteiger partial charge >= 0.3 is 11.9 Å². The second kappa shape index (κ2) is 5.69. The number of nitrogens with zero attached hydrogens (tertiary/aromatic N) is 1. The standard InChI is InChI=1S/C13H23NO4/c1-9-6-14(7-10(9)12(16)17-5)8-11(15)18-13(2,3)4/h9-10H,6-8H2,1-5H3. The highest BCUT2D eigenvalue weighted by atomic mass is 16.6. The zero-order chi connectivity index (χ0) is 13.9. The van der Waals surface area contributed by atoms with E-state index in [1.165, 1.54) is 7.11 Å². The van der Waals surface area contributed by atoms with Crippen LogP contribution in [-0.4, -0.2) is 49.2 Å². The summed E-state index contributed by atoms with van der Waals surface area (Å²) in [6.45, 7) is 9.04. The average Bonchev–Trinajstić information content (AvgIpc) is 2.55. The Balaban J connectivity index is 2.47. The number of likely N-dealkylation sites (tertiary alicyclic amines) is 1. The minimum atomic E-state index is -0.468. The first-order valence-electron chi connectivity index (χ1n) is 6.25. The summed E-state index contributed by atoms with van der Waals surface area (Å²) >= 11 is 0. The van der Waals surface area contributed by atoms with Gasteiger partial charge in [0, 0.05) is 13.1 Å². The van der Waals surface area contributed by atoms with Gasteiger partial charge in [-0.3, -0.25) is 14.5 Å². The highest BCUT2D eigenvalue weighted by Gasteiger charge is 2.36. The predicted molar refractivity (Wildman–Crippen MR) is 67.0 cm³/mol. The lowest BCUT2D eigenvalue weighted by Gasteiger charge is -2.22. The van der Waals surface area contributed by atoms with E-state index in [0.29, 0.717) is 6.54 Å². The van der Waals surface area contributed by atoms with Crippen LogP contribution in [0, 0.1) is 11.8 Å². The second-order valence-electron chi connectivity index (χ2n) is 5.89. The number of methoxy groups -OCH3 is 1. The van der Waals surface area contributed by atoms with Gasteiger partial charge in [0.2, 0.25) is 0 Å². The Hall–Kier alpha value is -1.10. The van der Waals surface area contributed by atoms with E-state index in [1.807, 2.05) is 32.6 Å². The fraction of sp³-hybridized carbons (Fsp3) is 0.846. The summed E-state index contributed by atoms with van der Waals surface area (Å²) < 4.78 is 10.0.